The van der Waals surface area contributed by atoms with Crippen LogP contribution in [0.25, 0.3) is 0 Å². The summed E-state index contributed by atoms with van der Waals surface area (Å²) in [5.41, 5.74) is 10.7. The third-order valence-electron chi connectivity index (χ3n) is 6.96. The number of carboxylic acid groups (broad SMARTS) is 1. The van der Waals surface area contributed by atoms with Crippen LogP contribution in [0.15, 0.2) is 0 Å². The summed E-state index contributed by atoms with van der Waals surface area (Å²) in [5.74, 6) is -9.43. The van der Waals surface area contributed by atoms with Crippen molar-refractivity contribution < 1.29 is 58.5 Å². The van der Waals surface area contributed by atoms with E-state index in [-0.39, 0.29) is 17.9 Å². The Bertz CT molecular complexity index is 1290. The number of aliphatic hydroxyl groups is 2. The third kappa shape index (κ3) is 16.6. The Labute approximate surface area is 304 Å². The van der Waals surface area contributed by atoms with Crippen molar-refractivity contribution in [3.8, 4) is 0 Å². The van der Waals surface area contributed by atoms with Gasteiger partial charge in [0.15, 0.2) is 0 Å². The van der Waals surface area contributed by atoms with Crippen molar-refractivity contribution in [1.29, 1.82) is 0 Å². The SMILES string of the molecule is C[C@H](N)C(=O)N[C@H](C(=O)N[C@@H](CCC(N)=O)C(=O)N[C@@H](CS)C(=O)N[C@@H](C)C(=O)N[C@H](C(=O)N[C@@H](CS)C(=O)N[C@@H](C)C(=O)O)[C@@H](C)O)[C@@H](C)O. The monoisotopic (exact) mass is 767 g/mol. The molecule has 290 valence electrons. The summed E-state index contributed by atoms with van der Waals surface area (Å²) in [6, 6.07) is -11.2. The van der Waals surface area contributed by atoms with Gasteiger partial charge in [0.25, 0.3) is 0 Å². The first-order valence-corrected chi connectivity index (χ1v) is 16.8. The van der Waals surface area contributed by atoms with Crippen LogP contribution in [0.2, 0.25) is 0 Å². The standard InChI is InChI=1S/C28H49N9O12S2/c1-10(29)21(41)36-19(13(4)38)26(46)33-15(6-7-18(30)40)23(43)34-16(8-50)24(44)31-11(2)22(42)37-20(14(5)39)27(47)35-17(9-51)25(45)32-12(3)28(48)49/h10-17,19-20,38-39,50-51H,6-9,29H2,1-5H3,(H2,30,40)(H,31,44)(H,32,45)(H,33,46)(H,34,43)(H,35,47)(H,36,41)(H,37,42)(H,48,49)/t10-,11-,12-,13+,14+,15-,16-,17-,19-,20-/m0/s1. The van der Waals surface area contributed by atoms with Crippen LogP contribution in [0.4, 0.5) is 0 Å². The molecule has 0 saturated heterocycles. The van der Waals surface area contributed by atoms with Gasteiger partial charge >= 0.3 is 5.97 Å². The Morgan fingerprint density at radius 1 is 0.549 bits per heavy atom. The van der Waals surface area contributed by atoms with Gasteiger partial charge in [0.05, 0.1) is 18.2 Å². The van der Waals surface area contributed by atoms with Gasteiger partial charge in [0.1, 0.15) is 42.3 Å². The van der Waals surface area contributed by atoms with Crippen molar-refractivity contribution in [2.75, 3.05) is 11.5 Å². The quantitative estimate of drug-likeness (QED) is 0.0457. The van der Waals surface area contributed by atoms with E-state index in [2.05, 4.69) is 62.5 Å². The Hall–Kier alpha value is -4.19. The van der Waals surface area contributed by atoms with Crippen LogP contribution >= 0.6 is 25.3 Å². The number of primary amides is 1. The Morgan fingerprint density at radius 2 is 0.922 bits per heavy atom. The molecule has 0 aromatic heterocycles. The van der Waals surface area contributed by atoms with Gasteiger partial charge in [-0.25, -0.2) is 0 Å². The summed E-state index contributed by atoms with van der Waals surface area (Å²) in [6.45, 7) is 6.09. The number of hydrogen-bond acceptors (Lipinski definition) is 14. The van der Waals surface area contributed by atoms with Crippen LogP contribution in [-0.2, 0) is 43.2 Å². The molecule has 21 nitrogen and oxygen atoms in total. The van der Waals surface area contributed by atoms with E-state index < -0.39 is 120 Å². The van der Waals surface area contributed by atoms with E-state index >= 15 is 0 Å². The maximum absolute atomic E-state index is 13.2. The minimum Gasteiger partial charge on any atom is -0.480 e. The van der Waals surface area contributed by atoms with E-state index in [9.17, 15) is 53.4 Å². The lowest BCUT2D eigenvalue weighted by molar-refractivity contribution is -0.141. The van der Waals surface area contributed by atoms with Crippen molar-refractivity contribution >= 4 is 78.5 Å². The van der Waals surface area contributed by atoms with Crippen LogP contribution < -0.4 is 48.7 Å². The first-order valence-electron chi connectivity index (χ1n) is 15.5. The lowest BCUT2D eigenvalue weighted by Gasteiger charge is -2.27. The zero-order chi connectivity index (χ0) is 39.7. The van der Waals surface area contributed by atoms with Gasteiger partial charge in [-0.1, -0.05) is 0 Å². The zero-order valence-electron chi connectivity index (χ0n) is 28.7. The maximum Gasteiger partial charge on any atom is 0.325 e. The minimum absolute atomic E-state index is 0.272. The molecule has 0 heterocycles. The predicted octanol–water partition coefficient (Wildman–Crippen LogP) is -6.26. The second-order valence-electron chi connectivity index (χ2n) is 11.6. The number of thiol groups is 2. The molecule has 0 fully saturated rings. The van der Waals surface area contributed by atoms with Crippen molar-refractivity contribution in [3.05, 3.63) is 0 Å². The number of carbonyl (C=O) groups is 9. The first-order chi connectivity index (χ1) is 23.6. The topological polar surface area (TPSA) is 351 Å². The molecule has 0 bridgehead atoms. The number of hydrogen-bond donors (Lipinski definition) is 14. The fourth-order valence-electron chi connectivity index (χ4n) is 3.87. The average molecular weight is 768 g/mol. The van der Waals surface area contributed by atoms with E-state index in [1.807, 2.05) is 0 Å². The van der Waals surface area contributed by atoms with E-state index in [1.54, 1.807) is 0 Å². The highest BCUT2D eigenvalue weighted by atomic mass is 32.1. The third-order valence-corrected chi connectivity index (χ3v) is 7.69. The van der Waals surface area contributed by atoms with Gasteiger partial charge in [-0.05, 0) is 41.0 Å². The Kier molecular flexibility index (Phi) is 20.7. The normalized spacial score (nSPS) is 16.8. The van der Waals surface area contributed by atoms with Gasteiger partial charge in [0, 0.05) is 17.9 Å². The Balaban J connectivity index is 5.70. The predicted molar refractivity (Wildman–Crippen MR) is 186 cm³/mol. The van der Waals surface area contributed by atoms with Crippen molar-refractivity contribution in [2.24, 2.45) is 11.5 Å². The van der Waals surface area contributed by atoms with Crippen molar-refractivity contribution in [3.63, 3.8) is 0 Å². The molecule has 0 radical (unpaired) electrons. The molecule has 8 amide bonds. The van der Waals surface area contributed by atoms with E-state index in [0.717, 1.165) is 6.92 Å². The minimum atomic E-state index is -1.65. The molecule has 0 spiro atoms. The molecule has 0 aromatic carbocycles. The second kappa shape index (κ2) is 22.6. The molecule has 0 saturated carbocycles. The molecule has 0 aromatic rings. The first kappa shape index (κ1) is 46.8. The molecule has 0 unspecified atom stereocenters. The summed E-state index contributed by atoms with van der Waals surface area (Å²) in [7, 11) is 0. The van der Waals surface area contributed by atoms with Crippen molar-refractivity contribution in [2.45, 2.75) is 108 Å². The molecule has 0 aliphatic rings. The lowest BCUT2D eigenvalue weighted by atomic mass is 10.1. The van der Waals surface area contributed by atoms with Gasteiger partial charge in [0.2, 0.25) is 47.3 Å². The average Bonchev–Trinajstić information content (AvgIpc) is 3.03. The summed E-state index contributed by atoms with van der Waals surface area (Å²) in [4.78, 5) is 112. The molecule has 0 rings (SSSR count). The highest BCUT2D eigenvalue weighted by molar-refractivity contribution is 7.80. The van der Waals surface area contributed by atoms with Crippen LogP contribution in [-0.4, -0.2) is 141 Å². The zero-order valence-corrected chi connectivity index (χ0v) is 30.5. The molecule has 14 N–H and O–H groups in total. The van der Waals surface area contributed by atoms with E-state index in [1.165, 1.54) is 27.7 Å². The number of carbonyl (C=O) groups excluding carboxylic acids is 8. The smallest absolute Gasteiger partial charge is 0.325 e. The summed E-state index contributed by atoms with van der Waals surface area (Å²) >= 11 is 8.03. The second-order valence-corrected chi connectivity index (χ2v) is 12.3. The van der Waals surface area contributed by atoms with Crippen LogP contribution in [0.5, 0.6) is 0 Å². The van der Waals surface area contributed by atoms with Gasteiger partial charge in [-0.2, -0.15) is 25.3 Å². The summed E-state index contributed by atoms with van der Waals surface area (Å²) in [6.07, 6.45) is -3.70. The molecular weight excluding hydrogens is 718 g/mol. The number of aliphatic hydroxyl groups excluding tert-OH is 2. The molecule has 0 aliphatic carbocycles. The number of aliphatic carboxylic acids is 1. The van der Waals surface area contributed by atoms with Gasteiger partial charge in [-0.3, -0.25) is 43.2 Å². The number of nitrogens with one attached hydrogen (secondary N) is 7. The number of amides is 8. The van der Waals surface area contributed by atoms with E-state index in [4.69, 9.17) is 16.6 Å². The van der Waals surface area contributed by atoms with Crippen LogP contribution in [0, 0.1) is 0 Å². The largest absolute Gasteiger partial charge is 0.480 e. The summed E-state index contributed by atoms with van der Waals surface area (Å²) in [5, 5.41) is 45.0. The summed E-state index contributed by atoms with van der Waals surface area (Å²) < 4.78 is 0. The molecule has 51 heavy (non-hydrogen) atoms. The van der Waals surface area contributed by atoms with Crippen LogP contribution in [0.3, 0.4) is 0 Å². The van der Waals surface area contributed by atoms with Crippen molar-refractivity contribution in [1.82, 2.24) is 37.2 Å². The fourth-order valence-corrected chi connectivity index (χ4v) is 4.38. The molecule has 10 atom stereocenters. The maximum atomic E-state index is 13.2. The lowest BCUT2D eigenvalue weighted by Crippen LogP contribution is -2.62. The number of rotatable bonds is 22. The van der Waals surface area contributed by atoms with Crippen LogP contribution in [0.1, 0.15) is 47.5 Å². The highest BCUT2D eigenvalue weighted by Gasteiger charge is 2.34. The Morgan fingerprint density at radius 3 is 1.29 bits per heavy atom. The fraction of sp³-hybridized carbons (Fsp3) is 0.679. The highest BCUT2D eigenvalue weighted by Crippen LogP contribution is 2.04. The van der Waals surface area contributed by atoms with E-state index in [0.29, 0.717) is 0 Å². The van der Waals surface area contributed by atoms with Gasteiger partial charge in [-0.15, -0.1) is 0 Å². The molecule has 0 aliphatic heterocycles. The number of carboxylic acids is 1. The molecule has 23 heteroatoms. The molecular formula is C28H49N9O12S2. The van der Waals surface area contributed by atoms with Gasteiger partial charge < -0.3 is 64.0 Å². The number of nitrogens with two attached hydrogens (primary N) is 2.